The van der Waals surface area contributed by atoms with Gasteiger partial charge in [-0.05, 0) is 12.8 Å². The molecule has 0 aromatic rings. The lowest BCUT2D eigenvalue weighted by atomic mass is 10.1. The van der Waals surface area contributed by atoms with E-state index >= 15 is 0 Å². The van der Waals surface area contributed by atoms with Crippen LogP contribution in [0.1, 0.15) is 93.4 Å². The SMILES string of the molecule is CC.CC.CCC#CCOC1CCN(C=O)CC1.CCCCCC. The monoisotopic (exact) mass is 341 g/mol. The van der Waals surface area contributed by atoms with E-state index in [-0.39, 0.29) is 6.10 Å². The van der Waals surface area contributed by atoms with Crippen LogP contribution < -0.4 is 0 Å². The van der Waals surface area contributed by atoms with Gasteiger partial charge in [-0.3, -0.25) is 4.79 Å². The molecule has 1 aliphatic heterocycles. The Kier molecular flexibility index (Phi) is 31.1. The van der Waals surface area contributed by atoms with E-state index in [4.69, 9.17) is 4.74 Å². The Morgan fingerprint density at radius 3 is 1.83 bits per heavy atom. The van der Waals surface area contributed by atoms with Crippen molar-refractivity contribution in [2.45, 2.75) is 99.5 Å². The largest absolute Gasteiger partial charge is 0.365 e. The van der Waals surface area contributed by atoms with Gasteiger partial charge in [0, 0.05) is 19.5 Å². The number of hydrogen-bond donors (Lipinski definition) is 0. The molecule has 0 bridgehead atoms. The van der Waals surface area contributed by atoms with E-state index in [1.165, 1.54) is 25.7 Å². The molecular formula is C21H43NO2. The molecule has 144 valence electrons. The molecule has 24 heavy (non-hydrogen) atoms. The van der Waals surface area contributed by atoms with Crippen LogP contribution in [-0.4, -0.2) is 37.1 Å². The lowest BCUT2D eigenvalue weighted by Crippen LogP contribution is -2.36. The summed E-state index contributed by atoms with van der Waals surface area (Å²) in [5.41, 5.74) is 0. The Hall–Kier alpha value is -1.01. The third kappa shape index (κ3) is 21.0. The zero-order valence-corrected chi connectivity index (χ0v) is 17.5. The topological polar surface area (TPSA) is 29.5 Å². The van der Waals surface area contributed by atoms with Crippen molar-refractivity contribution in [1.82, 2.24) is 4.90 Å². The molecule has 0 aromatic heterocycles. The average molecular weight is 342 g/mol. The molecule has 0 unspecified atom stereocenters. The summed E-state index contributed by atoms with van der Waals surface area (Å²) in [6.45, 7) is 16.6. The van der Waals surface area contributed by atoms with Crippen LogP contribution in [0.4, 0.5) is 0 Å². The van der Waals surface area contributed by atoms with E-state index in [0.717, 1.165) is 38.8 Å². The van der Waals surface area contributed by atoms with Gasteiger partial charge in [-0.25, -0.2) is 0 Å². The van der Waals surface area contributed by atoms with Gasteiger partial charge in [-0.1, -0.05) is 80.1 Å². The van der Waals surface area contributed by atoms with Crippen molar-refractivity contribution in [3.8, 4) is 11.8 Å². The third-order valence-corrected chi connectivity index (χ3v) is 3.28. The van der Waals surface area contributed by atoms with Gasteiger partial charge in [0.1, 0.15) is 6.61 Å². The molecule has 1 fully saturated rings. The molecule has 3 heteroatoms. The highest BCUT2D eigenvalue weighted by Gasteiger charge is 2.17. The number of unbranched alkanes of at least 4 members (excludes halogenated alkanes) is 3. The van der Waals surface area contributed by atoms with Crippen molar-refractivity contribution in [3.05, 3.63) is 0 Å². The zero-order chi connectivity index (χ0) is 19.1. The normalized spacial score (nSPS) is 12.9. The molecule has 0 radical (unpaired) electrons. The Morgan fingerprint density at radius 2 is 1.46 bits per heavy atom. The molecule has 0 N–H and O–H groups in total. The molecule has 1 saturated heterocycles. The van der Waals surface area contributed by atoms with Crippen LogP contribution in [0.3, 0.4) is 0 Å². The van der Waals surface area contributed by atoms with Crippen molar-refractivity contribution >= 4 is 6.41 Å². The molecule has 0 spiro atoms. The number of piperidine rings is 1. The third-order valence-electron chi connectivity index (χ3n) is 3.28. The number of carbonyl (C=O) groups is 1. The second kappa shape index (κ2) is 26.9. The maximum Gasteiger partial charge on any atom is 0.209 e. The van der Waals surface area contributed by atoms with E-state index in [2.05, 4.69) is 25.7 Å². The average Bonchev–Trinajstić information content (AvgIpc) is 2.68. The highest BCUT2D eigenvalue weighted by Crippen LogP contribution is 2.11. The second-order valence-electron chi connectivity index (χ2n) is 5.07. The molecule has 1 amide bonds. The molecule has 1 aliphatic rings. The number of likely N-dealkylation sites (tertiary alicyclic amines) is 1. The van der Waals surface area contributed by atoms with E-state index in [1.54, 1.807) is 4.90 Å². The number of nitrogens with zero attached hydrogens (tertiary/aromatic N) is 1. The van der Waals surface area contributed by atoms with Gasteiger partial charge in [-0.15, -0.1) is 5.92 Å². The van der Waals surface area contributed by atoms with Crippen LogP contribution in [0.2, 0.25) is 0 Å². The highest BCUT2D eigenvalue weighted by molar-refractivity contribution is 5.47. The Morgan fingerprint density at radius 1 is 0.958 bits per heavy atom. The fourth-order valence-electron chi connectivity index (χ4n) is 1.98. The van der Waals surface area contributed by atoms with Crippen molar-refractivity contribution < 1.29 is 9.53 Å². The molecule has 0 aliphatic carbocycles. The van der Waals surface area contributed by atoms with Gasteiger partial charge in [0.15, 0.2) is 0 Å². The number of carbonyl (C=O) groups excluding carboxylic acids is 1. The molecule has 1 rings (SSSR count). The number of rotatable bonds is 6. The van der Waals surface area contributed by atoms with Gasteiger partial charge in [-0.2, -0.15) is 0 Å². The lowest BCUT2D eigenvalue weighted by Gasteiger charge is -2.28. The quantitative estimate of drug-likeness (QED) is 0.353. The summed E-state index contributed by atoms with van der Waals surface area (Å²) in [4.78, 5) is 12.2. The fourth-order valence-corrected chi connectivity index (χ4v) is 1.98. The zero-order valence-electron chi connectivity index (χ0n) is 17.5. The summed E-state index contributed by atoms with van der Waals surface area (Å²) in [5.74, 6) is 5.92. The van der Waals surface area contributed by atoms with E-state index in [0.29, 0.717) is 6.61 Å². The van der Waals surface area contributed by atoms with Crippen LogP contribution in [0.5, 0.6) is 0 Å². The molecular weight excluding hydrogens is 298 g/mol. The van der Waals surface area contributed by atoms with Crippen molar-refractivity contribution in [3.63, 3.8) is 0 Å². The maximum absolute atomic E-state index is 10.4. The summed E-state index contributed by atoms with van der Waals surface area (Å²) in [7, 11) is 0. The maximum atomic E-state index is 10.4. The fraction of sp³-hybridized carbons (Fsp3) is 0.857. The summed E-state index contributed by atoms with van der Waals surface area (Å²) in [6, 6.07) is 0. The predicted octanol–water partition coefficient (Wildman–Crippen LogP) is 5.68. The summed E-state index contributed by atoms with van der Waals surface area (Å²) >= 11 is 0. The van der Waals surface area contributed by atoms with Crippen LogP contribution in [0.25, 0.3) is 0 Å². The van der Waals surface area contributed by atoms with Crippen molar-refractivity contribution in [2.24, 2.45) is 0 Å². The van der Waals surface area contributed by atoms with Gasteiger partial charge >= 0.3 is 0 Å². The Bertz CT molecular complexity index is 269. The number of hydrogen-bond acceptors (Lipinski definition) is 2. The number of ether oxygens (including phenoxy) is 1. The first kappa shape index (κ1) is 27.8. The lowest BCUT2D eigenvalue weighted by molar-refractivity contribution is -0.120. The molecule has 0 saturated carbocycles. The van der Waals surface area contributed by atoms with E-state index in [1.807, 2.05) is 34.6 Å². The minimum Gasteiger partial charge on any atom is -0.365 e. The minimum absolute atomic E-state index is 0.289. The van der Waals surface area contributed by atoms with E-state index < -0.39 is 0 Å². The van der Waals surface area contributed by atoms with Crippen molar-refractivity contribution in [1.29, 1.82) is 0 Å². The minimum atomic E-state index is 0.289. The predicted molar refractivity (Wildman–Crippen MR) is 107 cm³/mol. The first-order valence-electron chi connectivity index (χ1n) is 10.0. The van der Waals surface area contributed by atoms with Gasteiger partial charge in [0.2, 0.25) is 6.41 Å². The molecule has 0 aromatic carbocycles. The van der Waals surface area contributed by atoms with Crippen LogP contribution in [0.15, 0.2) is 0 Å². The van der Waals surface area contributed by atoms with E-state index in [9.17, 15) is 4.79 Å². The van der Waals surface area contributed by atoms with Gasteiger partial charge < -0.3 is 9.64 Å². The highest BCUT2D eigenvalue weighted by atomic mass is 16.5. The van der Waals surface area contributed by atoms with Crippen LogP contribution >= 0.6 is 0 Å². The number of amides is 1. The summed E-state index contributed by atoms with van der Waals surface area (Å²) in [5, 5.41) is 0. The summed E-state index contributed by atoms with van der Waals surface area (Å²) in [6.07, 6.45) is 9.49. The molecule has 0 atom stereocenters. The smallest absolute Gasteiger partial charge is 0.209 e. The molecule has 3 nitrogen and oxygen atoms in total. The van der Waals surface area contributed by atoms with Gasteiger partial charge in [0.05, 0.1) is 6.10 Å². The van der Waals surface area contributed by atoms with Crippen LogP contribution in [0, 0.1) is 11.8 Å². The van der Waals surface area contributed by atoms with Crippen LogP contribution in [-0.2, 0) is 9.53 Å². The van der Waals surface area contributed by atoms with Crippen molar-refractivity contribution in [2.75, 3.05) is 19.7 Å². The second-order valence-corrected chi connectivity index (χ2v) is 5.07. The summed E-state index contributed by atoms with van der Waals surface area (Å²) < 4.78 is 5.56. The first-order chi connectivity index (χ1) is 11.8. The van der Waals surface area contributed by atoms with Gasteiger partial charge in [0.25, 0.3) is 0 Å². The Balaban J connectivity index is -0.000000371. The standard InChI is InChI=1S/C11H17NO2.C6H14.2C2H6/c1-2-3-4-9-14-11-5-7-12(10-13)8-6-11;1-3-5-6-4-2;2*1-2/h10-11H,2,5-9H2,1H3;3-6H2,1-2H3;2*1-2H3. The Labute approximate surface area is 152 Å². The molecule has 1 heterocycles. The first-order valence-corrected chi connectivity index (χ1v) is 10.0.